The summed E-state index contributed by atoms with van der Waals surface area (Å²) in [5.41, 5.74) is 5.52. The largest absolute Gasteiger partial charge is 0.378 e. The first-order chi connectivity index (χ1) is 7.83. The maximum atomic E-state index is 5.58. The van der Waals surface area contributed by atoms with Crippen LogP contribution in [-0.2, 0) is 4.74 Å². The van der Waals surface area contributed by atoms with Gasteiger partial charge in [0.1, 0.15) is 0 Å². The van der Waals surface area contributed by atoms with Crippen LogP contribution in [0.1, 0.15) is 45.4 Å². The molecule has 2 unspecified atom stereocenters. The molecule has 1 rings (SSSR count). The molecule has 96 valence electrons. The van der Waals surface area contributed by atoms with Crippen LogP contribution in [0.25, 0.3) is 0 Å². The highest BCUT2D eigenvalue weighted by molar-refractivity contribution is 4.66. The topological polar surface area (TPSA) is 47.3 Å². The third kappa shape index (κ3) is 6.46. The molecular formula is C13H28N2O. The van der Waals surface area contributed by atoms with Gasteiger partial charge in [0.2, 0.25) is 0 Å². The molecule has 3 nitrogen and oxygen atoms in total. The quantitative estimate of drug-likeness (QED) is 0.593. The van der Waals surface area contributed by atoms with Gasteiger partial charge in [0.05, 0.1) is 6.10 Å². The summed E-state index contributed by atoms with van der Waals surface area (Å²) >= 11 is 0. The third-order valence-electron chi connectivity index (χ3n) is 3.38. The maximum absolute atomic E-state index is 5.58. The molecule has 1 fully saturated rings. The summed E-state index contributed by atoms with van der Waals surface area (Å²) in [4.78, 5) is 0. The number of nitrogens with one attached hydrogen (secondary N) is 1. The van der Waals surface area contributed by atoms with Gasteiger partial charge in [-0.3, -0.25) is 0 Å². The third-order valence-corrected chi connectivity index (χ3v) is 3.38. The molecule has 3 heteroatoms. The first-order valence-electron chi connectivity index (χ1n) is 6.85. The fourth-order valence-electron chi connectivity index (χ4n) is 2.26. The van der Waals surface area contributed by atoms with Gasteiger partial charge in [-0.1, -0.05) is 6.92 Å². The molecule has 0 saturated carbocycles. The number of nitrogens with two attached hydrogens (primary N) is 1. The number of hydrogen-bond acceptors (Lipinski definition) is 3. The second-order valence-electron chi connectivity index (χ2n) is 5.00. The summed E-state index contributed by atoms with van der Waals surface area (Å²) in [6.45, 7) is 6.34. The van der Waals surface area contributed by atoms with E-state index in [0.717, 1.165) is 38.6 Å². The molecule has 0 amide bonds. The van der Waals surface area contributed by atoms with Crippen LogP contribution < -0.4 is 11.1 Å². The second-order valence-corrected chi connectivity index (χ2v) is 5.00. The van der Waals surface area contributed by atoms with E-state index in [0.29, 0.717) is 6.10 Å². The van der Waals surface area contributed by atoms with Gasteiger partial charge < -0.3 is 15.8 Å². The van der Waals surface area contributed by atoms with Crippen LogP contribution >= 0.6 is 0 Å². The van der Waals surface area contributed by atoms with Crippen LogP contribution in [0.2, 0.25) is 0 Å². The lowest BCUT2D eigenvalue weighted by Crippen LogP contribution is -2.21. The minimum atomic E-state index is 0.531. The lowest BCUT2D eigenvalue weighted by Gasteiger charge is -2.11. The van der Waals surface area contributed by atoms with Crippen molar-refractivity contribution in [3.63, 3.8) is 0 Å². The Hall–Kier alpha value is -0.120. The summed E-state index contributed by atoms with van der Waals surface area (Å²) in [7, 11) is 0. The SMILES string of the molecule is CC(CCN)CCCNCCC1CCCO1. The molecule has 0 spiro atoms. The molecule has 0 radical (unpaired) electrons. The van der Waals surface area contributed by atoms with Crippen LogP contribution in [0.3, 0.4) is 0 Å². The Morgan fingerprint density at radius 1 is 1.38 bits per heavy atom. The molecule has 1 aliphatic rings. The monoisotopic (exact) mass is 228 g/mol. The fraction of sp³-hybridized carbons (Fsp3) is 1.00. The van der Waals surface area contributed by atoms with Crippen molar-refractivity contribution < 1.29 is 4.74 Å². The summed E-state index contributed by atoms with van der Waals surface area (Å²) in [5.74, 6) is 0.782. The van der Waals surface area contributed by atoms with Gasteiger partial charge in [0.15, 0.2) is 0 Å². The lowest BCUT2D eigenvalue weighted by atomic mass is 10.0. The number of rotatable bonds is 9. The lowest BCUT2D eigenvalue weighted by molar-refractivity contribution is 0.104. The molecule has 3 N–H and O–H groups in total. The maximum Gasteiger partial charge on any atom is 0.0588 e. The average molecular weight is 228 g/mol. The Balaban J connectivity index is 1.80. The van der Waals surface area contributed by atoms with Crippen molar-refractivity contribution >= 4 is 0 Å². The smallest absolute Gasteiger partial charge is 0.0588 e. The Bertz CT molecular complexity index is 158. The fourth-order valence-corrected chi connectivity index (χ4v) is 2.26. The highest BCUT2D eigenvalue weighted by Gasteiger charge is 2.14. The van der Waals surface area contributed by atoms with Crippen molar-refractivity contribution in [3.8, 4) is 0 Å². The summed E-state index contributed by atoms with van der Waals surface area (Å²) in [6, 6.07) is 0. The van der Waals surface area contributed by atoms with E-state index in [1.54, 1.807) is 0 Å². The molecule has 0 aromatic rings. The highest BCUT2D eigenvalue weighted by Crippen LogP contribution is 2.14. The van der Waals surface area contributed by atoms with Crippen molar-refractivity contribution in [1.29, 1.82) is 0 Å². The van der Waals surface area contributed by atoms with Crippen LogP contribution in [0.4, 0.5) is 0 Å². The summed E-state index contributed by atoms with van der Waals surface area (Å²) in [6.07, 6.45) is 7.95. The van der Waals surface area contributed by atoms with E-state index in [2.05, 4.69) is 12.2 Å². The molecule has 0 aromatic heterocycles. The Morgan fingerprint density at radius 2 is 2.25 bits per heavy atom. The molecule has 16 heavy (non-hydrogen) atoms. The zero-order valence-corrected chi connectivity index (χ0v) is 10.7. The van der Waals surface area contributed by atoms with Crippen molar-refractivity contribution in [3.05, 3.63) is 0 Å². The first-order valence-corrected chi connectivity index (χ1v) is 6.85. The minimum Gasteiger partial charge on any atom is -0.378 e. The molecule has 0 aromatic carbocycles. The van der Waals surface area contributed by atoms with Crippen LogP contribution in [0, 0.1) is 5.92 Å². The van der Waals surface area contributed by atoms with Crippen molar-refractivity contribution in [2.45, 2.75) is 51.6 Å². The molecule has 0 aliphatic carbocycles. The molecule has 2 atom stereocenters. The van der Waals surface area contributed by atoms with Crippen LogP contribution in [0.15, 0.2) is 0 Å². The van der Waals surface area contributed by atoms with Gasteiger partial charge in [-0.25, -0.2) is 0 Å². The summed E-state index contributed by atoms with van der Waals surface area (Å²) in [5, 5.41) is 3.50. The van der Waals surface area contributed by atoms with Gasteiger partial charge in [0.25, 0.3) is 0 Å². The normalized spacial score (nSPS) is 22.5. The van der Waals surface area contributed by atoms with Gasteiger partial charge >= 0.3 is 0 Å². The van der Waals surface area contributed by atoms with E-state index >= 15 is 0 Å². The van der Waals surface area contributed by atoms with E-state index in [9.17, 15) is 0 Å². The molecular weight excluding hydrogens is 200 g/mol. The van der Waals surface area contributed by atoms with Gasteiger partial charge in [-0.05, 0) is 64.1 Å². The standard InChI is InChI=1S/C13H28N2O/c1-12(6-8-14)4-2-9-15-10-7-13-5-3-11-16-13/h12-13,15H,2-11,14H2,1H3. The Labute approximate surface area is 100 Å². The number of ether oxygens (including phenoxy) is 1. The average Bonchev–Trinajstić information content (AvgIpc) is 2.76. The van der Waals surface area contributed by atoms with Crippen molar-refractivity contribution in [1.82, 2.24) is 5.32 Å². The molecule has 1 aliphatic heterocycles. The van der Waals surface area contributed by atoms with Crippen LogP contribution in [-0.4, -0.2) is 32.3 Å². The molecule has 0 bridgehead atoms. The van der Waals surface area contributed by atoms with Gasteiger partial charge in [0, 0.05) is 6.61 Å². The predicted octanol–water partition coefficient (Wildman–Crippen LogP) is 1.91. The van der Waals surface area contributed by atoms with E-state index in [1.165, 1.54) is 32.1 Å². The number of hydrogen-bond donors (Lipinski definition) is 2. The molecule has 1 heterocycles. The van der Waals surface area contributed by atoms with E-state index in [-0.39, 0.29) is 0 Å². The van der Waals surface area contributed by atoms with E-state index in [1.807, 2.05) is 0 Å². The van der Waals surface area contributed by atoms with Gasteiger partial charge in [-0.15, -0.1) is 0 Å². The van der Waals surface area contributed by atoms with Gasteiger partial charge in [-0.2, -0.15) is 0 Å². The summed E-state index contributed by atoms with van der Waals surface area (Å²) < 4.78 is 5.58. The first kappa shape index (κ1) is 13.9. The Kier molecular flexibility index (Phi) is 7.81. The zero-order chi connectivity index (χ0) is 11.6. The molecule has 1 saturated heterocycles. The predicted molar refractivity (Wildman–Crippen MR) is 68.5 cm³/mol. The van der Waals surface area contributed by atoms with Crippen molar-refractivity contribution in [2.75, 3.05) is 26.2 Å². The minimum absolute atomic E-state index is 0.531. The van der Waals surface area contributed by atoms with E-state index < -0.39 is 0 Å². The van der Waals surface area contributed by atoms with Crippen LogP contribution in [0.5, 0.6) is 0 Å². The Morgan fingerprint density at radius 3 is 2.94 bits per heavy atom. The van der Waals surface area contributed by atoms with Crippen molar-refractivity contribution in [2.24, 2.45) is 11.7 Å². The second kappa shape index (κ2) is 8.97. The van der Waals surface area contributed by atoms with E-state index in [4.69, 9.17) is 10.5 Å². The zero-order valence-electron chi connectivity index (χ0n) is 10.7. The highest BCUT2D eigenvalue weighted by atomic mass is 16.5.